The van der Waals surface area contributed by atoms with Crippen molar-refractivity contribution in [2.75, 3.05) is 13.1 Å². The maximum Gasteiger partial charge on any atom is 0.276 e. The third kappa shape index (κ3) is 3.09. The minimum Gasteiger partial charge on any atom is -0.337 e. The van der Waals surface area contributed by atoms with Crippen molar-refractivity contribution in [1.82, 2.24) is 24.9 Å². The first-order chi connectivity index (χ1) is 13.0. The van der Waals surface area contributed by atoms with E-state index in [4.69, 9.17) is 0 Å². The molecule has 0 N–H and O–H groups in total. The number of piperidine rings is 1. The molecule has 1 aromatic carbocycles. The zero-order valence-electron chi connectivity index (χ0n) is 16.1. The van der Waals surface area contributed by atoms with Gasteiger partial charge in [0.2, 0.25) is 0 Å². The van der Waals surface area contributed by atoms with Crippen molar-refractivity contribution >= 4 is 16.8 Å². The number of carbonyl (C=O) groups excluding carboxylic acids is 1. The molecule has 0 aliphatic carbocycles. The Hall–Kier alpha value is -2.76. The van der Waals surface area contributed by atoms with Crippen molar-refractivity contribution < 1.29 is 4.79 Å². The highest BCUT2D eigenvalue weighted by Gasteiger charge is 2.33. The molecule has 0 bridgehead atoms. The Bertz CT molecular complexity index is 990. The Morgan fingerprint density at radius 1 is 1.26 bits per heavy atom. The lowest BCUT2D eigenvalue weighted by Gasteiger charge is -2.39. The molecule has 1 aliphatic rings. The minimum absolute atomic E-state index is 0.0219. The van der Waals surface area contributed by atoms with E-state index in [1.807, 2.05) is 42.2 Å². The lowest BCUT2D eigenvalue weighted by atomic mass is 9.79. The average Bonchev–Trinajstić information content (AvgIpc) is 3.08. The maximum atomic E-state index is 13.1. The van der Waals surface area contributed by atoms with Crippen molar-refractivity contribution in [3.05, 3.63) is 47.9 Å². The summed E-state index contributed by atoms with van der Waals surface area (Å²) in [6, 6.07) is 9.88. The number of hydrogen-bond donors (Lipinski definition) is 0. The highest BCUT2D eigenvalue weighted by molar-refractivity contribution is 5.94. The van der Waals surface area contributed by atoms with Gasteiger partial charge in [0.25, 0.3) is 5.91 Å². The maximum absolute atomic E-state index is 13.1. The van der Waals surface area contributed by atoms with E-state index in [9.17, 15) is 4.79 Å². The quantitative estimate of drug-likeness (QED) is 0.710. The molecule has 1 amide bonds. The van der Waals surface area contributed by atoms with Crippen LogP contribution in [0.2, 0.25) is 0 Å². The summed E-state index contributed by atoms with van der Waals surface area (Å²) in [5.41, 5.74) is 3.07. The highest BCUT2D eigenvalue weighted by Crippen LogP contribution is 2.33. The van der Waals surface area contributed by atoms with E-state index >= 15 is 0 Å². The van der Waals surface area contributed by atoms with Gasteiger partial charge in [-0.05, 0) is 43.7 Å². The van der Waals surface area contributed by atoms with E-state index in [0.29, 0.717) is 5.69 Å². The summed E-state index contributed by atoms with van der Waals surface area (Å²) in [5, 5.41) is 9.56. The van der Waals surface area contributed by atoms with E-state index in [0.717, 1.165) is 48.2 Å². The molecule has 1 atom stereocenters. The van der Waals surface area contributed by atoms with Crippen LogP contribution >= 0.6 is 0 Å². The Balaban J connectivity index is 1.69. The van der Waals surface area contributed by atoms with Crippen LogP contribution in [-0.2, 0) is 0 Å². The predicted octanol–water partition coefficient (Wildman–Crippen LogP) is 3.78. The number of pyridine rings is 1. The van der Waals surface area contributed by atoms with Crippen molar-refractivity contribution in [3.63, 3.8) is 0 Å². The zero-order chi connectivity index (χ0) is 19.0. The number of nitrogens with zero attached hydrogens (tertiary/aromatic N) is 5. The molecule has 0 radical (unpaired) electrons. The fourth-order valence-electron chi connectivity index (χ4n) is 3.94. The summed E-state index contributed by atoms with van der Waals surface area (Å²) in [5.74, 6) is -0.0219. The van der Waals surface area contributed by atoms with Gasteiger partial charge < -0.3 is 4.90 Å². The number of benzene rings is 1. The number of rotatable bonds is 3. The van der Waals surface area contributed by atoms with E-state index in [1.165, 1.54) is 6.42 Å². The number of likely N-dealkylation sites (tertiary alicyclic amines) is 1. The molecular formula is C21H25N5O. The molecule has 2 aromatic heterocycles. The van der Waals surface area contributed by atoms with Crippen LogP contribution < -0.4 is 0 Å². The lowest BCUT2D eigenvalue weighted by molar-refractivity contribution is 0.0536. The number of para-hydroxylation sites is 1. The molecule has 6 heteroatoms. The third-order valence-electron chi connectivity index (χ3n) is 5.86. The Morgan fingerprint density at radius 3 is 2.89 bits per heavy atom. The molecule has 1 fully saturated rings. The average molecular weight is 363 g/mol. The first-order valence-corrected chi connectivity index (χ1v) is 9.58. The van der Waals surface area contributed by atoms with Crippen molar-refractivity contribution in [1.29, 1.82) is 0 Å². The Morgan fingerprint density at radius 2 is 2.07 bits per heavy atom. The summed E-state index contributed by atoms with van der Waals surface area (Å²) in [7, 11) is 0. The van der Waals surface area contributed by atoms with Gasteiger partial charge in [-0.15, -0.1) is 5.10 Å². The molecule has 140 valence electrons. The number of fused-ring (bicyclic) bond motifs is 1. The van der Waals surface area contributed by atoms with E-state index in [2.05, 4.69) is 29.1 Å². The molecule has 3 heterocycles. The molecule has 3 aromatic rings. The largest absolute Gasteiger partial charge is 0.337 e. The first kappa shape index (κ1) is 17.6. The number of carbonyl (C=O) groups is 1. The minimum atomic E-state index is -0.0219. The molecule has 1 aliphatic heterocycles. The smallest absolute Gasteiger partial charge is 0.276 e. The summed E-state index contributed by atoms with van der Waals surface area (Å²) in [6.07, 6.45) is 5.05. The van der Waals surface area contributed by atoms with Gasteiger partial charge in [-0.3, -0.25) is 9.78 Å². The van der Waals surface area contributed by atoms with Crippen LogP contribution in [0.1, 0.15) is 49.3 Å². The molecule has 1 saturated heterocycles. The molecule has 0 spiro atoms. The molecular weight excluding hydrogens is 338 g/mol. The van der Waals surface area contributed by atoms with Gasteiger partial charge in [0.1, 0.15) is 0 Å². The fraction of sp³-hybridized carbons (Fsp3) is 0.429. The second-order valence-corrected chi connectivity index (χ2v) is 7.78. The summed E-state index contributed by atoms with van der Waals surface area (Å²) < 4.78 is 1.73. The second kappa shape index (κ2) is 6.76. The normalized spacial score (nSPS) is 20.2. The van der Waals surface area contributed by atoms with Gasteiger partial charge in [-0.1, -0.05) is 37.3 Å². The second-order valence-electron chi connectivity index (χ2n) is 7.78. The van der Waals surface area contributed by atoms with Crippen LogP contribution in [0.25, 0.3) is 16.6 Å². The number of aromatic nitrogens is 4. The number of hydrogen-bond acceptors (Lipinski definition) is 4. The lowest BCUT2D eigenvalue weighted by Crippen LogP contribution is -2.44. The standard InChI is InChI=1S/C21H25N5O/c1-4-21(3)11-7-13-25(14-21)20(27)18-15(2)26(24-23-18)17-10-5-8-16-9-6-12-22-19(16)17/h5-6,8-10,12H,4,7,11,13-14H2,1-3H3. The van der Waals surface area contributed by atoms with Gasteiger partial charge in [-0.25, -0.2) is 4.68 Å². The highest BCUT2D eigenvalue weighted by atomic mass is 16.2. The topological polar surface area (TPSA) is 63.9 Å². The fourth-order valence-corrected chi connectivity index (χ4v) is 3.94. The van der Waals surface area contributed by atoms with E-state index in [1.54, 1.807) is 10.9 Å². The molecule has 4 rings (SSSR count). The summed E-state index contributed by atoms with van der Waals surface area (Å²) in [4.78, 5) is 19.6. The van der Waals surface area contributed by atoms with Crippen LogP contribution in [0, 0.1) is 12.3 Å². The van der Waals surface area contributed by atoms with E-state index in [-0.39, 0.29) is 11.3 Å². The first-order valence-electron chi connectivity index (χ1n) is 9.58. The van der Waals surface area contributed by atoms with Crippen LogP contribution in [0.15, 0.2) is 36.5 Å². The molecule has 0 saturated carbocycles. The summed E-state index contributed by atoms with van der Waals surface area (Å²) in [6.45, 7) is 7.93. The zero-order valence-corrected chi connectivity index (χ0v) is 16.1. The molecule has 6 nitrogen and oxygen atoms in total. The van der Waals surface area contributed by atoms with Crippen LogP contribution in [-0.4, -0.2) is 43.9 Å². The SMILES string of the molecule is CCC1(C)CCCN(C(=O)c2nnn(-c3cccc4cccnc34)c2C)C1. The van der Waals surface area contributed by atoms with Crippen molar-refractivity contribution in [2.45, 2.75) is 40.0 Å². The summed E-state index contributed by atoms with van der Waals surface area (Å²) >= 11 is 0. The van der Waals surface area contributed by atoms with Crippen LogP contribution in [0.5, 0.6) is 0 Å². The van der Waals surface area contributed by atoms with Crippen LogP contribution in [0.3, 0.4) is 0 Å². The van der Waals surface area contributed by atoms with Gasteiger partial charge in [0, 0.05) is 24.7 Å². The Labute approximate surface area is 159 Å². The monoisotopic (exact) mass is 363 g/mol. The van der Waals surface area contributed by atoms with Gasteiger partial charge in [-0.2, -0.15) is 0 Å². The van der Waals surface area contributed by atoms with Crippen molar-refractivity contribution in [2.24, 2.45) is 5.41 Å². The van der Waals surface area contributed by atoms with Gasteiger partial charge >= 0.3 is 0 Å². The van der Waals surface area contributed by atoms with Gasteiger partial charge in [0.15, 0.2) is 5.69 Å². The van der Waals surface area contributed by atoms with Crippen molar-refractivity contribution in [3.8, 4) is 5.69 Å². The Kier molecular flexibility index (Phi) is 4.42. The molecule has 27 heavy (non-hydrogen) atoms. The van der Waals surface area contributed by atoms with E-state index < -0.39 is 0 Å². The molecule has 1 unspecified atom stereocenters. The van der Waals surface area contributed by atoms with Gasteiger partial charge in [0.05, 0.1) is 16.9 Å². The third-order valence-corrected chi connectivity index (χ3v) is 5.86. The van der Waals surface area contributed by atoms with Crippen LogP contribution in [0.4, 0.5) is 0 Å². The predicted molar refractivity (Wildman–Crippen MR) is 105 cm³/mol. The number of amides is 1.